The summed E-state index contributed by atoms with van der Waals surface area (Å²) in [5.41, 5.74) is 6.77. The number of hydrogen-bond donors (Lipinski definition) is 1. The van der Waals surface area contributed by atoms with Crippen LogP contribution in [0.5, 0.6) is 0 Å². The van der Waals surface area contributed by atoms with E-state index in [1.54, 1.807) is 0 Å². The molecular weight excluding hydrogens is 146 g/mol. The van der Waals surface area contributed by atoms with Crippen molar-refractivity contribution < 1.29 is 0 Å². The van der Waals surface area contributed by atoms with Gasteiger partial charge in [0.15, 0.2) is 0 Å². The molecule has 0 aromatic rings. The Morgan fingerprint density at radius 2 is 1.83 bits per heavy atom. The van der Waals surface area contributed by atoms with Crippen molar-refractivity contribution in [2.24, 2.45) is 17.1 Å². The zero-order chi connectivity index (χ0) is 9.41. The molecule has 1 aliphatic carbocycles. The minimum atomic E-state index is 0.0799. The summed E-state index contributed by atoms with van der Waals surface area (Å²) in [6.45, 7) is 9.17. The van der Waals surface area contributed by atoms with Gasteiger partial charge in [-0.05, 0) is 31.1 Å². The van der Waals surface area contributed by atoms with E-state index in [0.29, 0.717) is 11.3 Å². The fourth-order valence-electron chi connectivity index (χ4n) is 2.78. The summed E-state index contributed by atoms with van der Waals surface area (Å²) in [5.74, 6) is 0.693. The second kappa shape index (κ2) is 3.02. The van der Waals surface area contributed by atoms with E-state index in [4.69, 9.17) is 5.73 Å². The van der Waals surface area contributed by atoms with Crippen LogP contribution in [0.1, 0.15) is 53.4 Å². The Morgan fingerprint density at radius 3 is 2.17 bits per heavy atom. The quantitative estimate of drug-likeness (QED) is 0.593. The van der Waals surface area contributed by atoms with Crippen LogP contribution in [0.3, 0.4) is 0 Å². The molecule has 1 saturated carbocycles. The van der Waals surface area contributed by atoms with E-state index in [2.05, 4.69) is 27.7 Å². The molecule has 0 spiro atoms. The Bertz CT molecular complexity index is 153. The van der Waals surface area contributed by atoms with Crippen molar-refractivity contribution in [2.45, 2.75) is 58.9 Å². The topological polar surface area (TPSA) is 26.0 Å². The van der Waals surface area contributed by atoms with Crippen molar-refractivity contribution in [3.05, 3.63) is 0 Å². The van der Waals surface area contributed by atoms with Crippen LogP contribution in [0.4, 0.5) is 0 Å². The Kier molecular flexibility index (Phi) is 2.53. The predicted molar refractivity (Wildman–Crippen MR) is 54.0 cm³/mol. The molecule has 2 atom stereocenters. The van der Waals surface area contributed by atoms with Crippen LogP contribution in [0, 0.1) is 11.3 Å². The predicted octanol–water partition coefficient (Wildman–Crippen LogP) is 2.94. The molecule has 0 radical (unpaired) electrons. The van der Waals surface area contributed by atoms with Gasteiger partial charge in [0, 0.05) is 5.54 Å². The molecule has 72 valence electrons. The summed E-state index contributed by atoms with van der Waals surface area (Å²) in [6, 6.07) is 0. The minimum absolute atomic E-state index is 0.0799. The highest BCUT2D eigenvalue weighted by molar-refractivity contribution is 4.95. The third-order valence-electron chi connectivity index (χ3n) is 3.30. The molecule has 1 rings (SSSR count). The van der Waals surface area contributed by atoms with E-state index in [-0.39, 0.29) is 5.54 Å². The molecule has 1 nitrogen and oxygen atoms in total. The van der Waals surface area contributed by atoms with Crippen LogP contribution in [0.15, 0.2) is 0 Å². The molecule has 12 heavy (non-hydrogen) atoms. The fraction of sp³-hybridized carbons (Fsp3) is 1.00. The summed E-state index contributed by atoms with van der Waals surface area (Å²) in [5, 5.41) is 0. The second-order valence-corrected chi connectivity index (χ2v) is 5.67. The first-order valence-electron chi connectivity index (χ1n) is 5.13. The standard InChI is InChI=1S/C11H23N/c1-10(2,3)9-7-5-6-8-11(9,4)12/h9H,5-8,12H2,1-4H3. The van der Waals surface area contributed by atoms with Crippen LogP contribution in [0.2, 0.25) is 0 Å². The van der Waals surface area contributed by atoms with E-state index in [1.807, 2.05) is 0 Å². The van der Waals surface area contributed by atoms with Crippen molar-refractivity contribution in [3.63, 3.8) is 0 Å². The third kappa shape index (κ3) is 2.01. The lowest BCUT2D eigenvalue weighted by Crippen LogP contribution is -2.51. The molecule has 0 bridgehead atoms. The van der Waals surface area contributed by atoms with Crippen molar-refractivity contribution in [1.29, 1.82) is 0 Å². The number of hydrogen-bond acceptors (Lipinski definition) is 1. The summed E-state index contributed by atoms with van der Waals surface area (Å²) in [4.78, 5) is 0. The van der Waals surface area contributed by atoms with Crippen LogP contribution in [-0.4, -0.2) is 5.54 Å². The smallest absolute Gasteiger partial charge is 0.0159 e. The average molecular weight is 169 g/mol. The monoisotopic (exact) mass is 169 g/mol. The average Bonchev–Trinajstić information content (AvgIpc) is 1.83. The summed E-state index contributed by atoms with van der Waals surface area (Å²) >= 11 is 0. The Balaban J connectivity index is 2.73. The molecular formula is C11H23N. The van der Waals surface area contributed by atoms with E-state index in [1.165, 1.54) is 25.7 Å². The molecule has 1 fully saturated rings. The Labute approximate surface area is 76.7 Å². The lowest BCUT2D eigenvalue weighted by Gasteiger charge is -2.46. The van der Waals surface area contributed by atoms with Crippen molar-refractivity contribution >= 4 is 0 Å². The van der Waals surface area contributed by atoms with E-state index in [9.17, 15) is 0 Å². The van der Waals surface area contributed by atoms with E-state index >= 15 is 0 Å². The lowest BCUT2D eigenvalue weighted by atomic mass is 9.63. The molecule has 0 amide bonds. The minimum Gasteiger partial charge on any atom is -0.325 e. The highest BCUT2D eigenvalue weighted by Gasteiger charge is 2.39. The molecule has 2 N–H and O–H groups in total. The highest BCUT2D eigenvalue weighted by Crippen LogP contribution is 2.42. The molecule has 0 saturated heterocycles. The van der Waals surface area contributed by atoms with E-state index in [0.717, 1.165) is 0 Å². The Morgan fingerprint density at radius 1 is 1.25 bits per heavy atom. The van der Waals surface area contributed by atoms with Crippen LogP contribution in [0.25, 0.3) is 0 Å². The van der Waals surface area contributed by atoms with Crippen molar-refractivity contribution in [3.8, 4) is 0 Å². The normalized spacial score (nSPS) is 38.2. The summed E-state index contributed by atoms with van der Waals surface area (Å²) < 4.78 is 0. The van der Waals surface area contributed by atoms with Gasteiger partial charge in [-0.3, -0.25) is 0 Å². The first-order valence-corrected chi connectivity index (χ1v) is 5.13. The largest absolute Gasteiger partial charge is 0.325 e. The molecule has 0 aliphatic heterocycles. The maximum atomic E-state index is 6.31. The molecule has 0 aromatic heterocycles. The summed E-state index contributed by atoms with van der Waals surface area (Å²) in [6.07, 6.45) is 5.21. The van der Waals surface area contributed by atoms with Gasteiger partial charge in [0.1, 0.15) is 0 Å². The first kappa shape index (κ1) is 10.0. The van der Waals surface area contributed by atoms with Gasteiger partial charge in [0.05, 0.1) is 0 Å². The van der Waals surface area contributed by atoms with Gasteiger partial charge in [0.25, 0.3) is 0 Å². The SMILES string of the molecule is CC(C)(C)C1CCCCC1(C)N. The second-order valence-electron chi connectivity index (χ2n) is 5.67. The molecule has 1 aliphatic rings. The van der Waals surface area contributed by atoms with Crippen molar-refractivity contribution in [2.75, 3.05) is 0 Å². The molecule has 0 aromatic carbocycles. The van der Waals surface area contributed by atoms with E-state index < -0.39 is 0 Å². The maximum Gasteiger partial charge on any atom is 0.0159 e. The highest BCUT2D eigenvalue weighted by atomic mass is 14.8. The summed E-state index contributed by atoms with van der Waals surface area (Å²) in [7, 11) is 0. The maximum absolute atomic E-state index is 6.31. The van der Waals surface area contributed by atoms with Gasteiger partial charge >= 0.3 is 0 Å². The van der Waals surface area contributed by atoms with Gasteiger partial charge in [-0.25, -0.2) is 0 Å². The number of nitrogens with two attached hydrogens (primary N) is 1. The fourth-order valence-corrected chi connectivity index (χ4v) is 2.78. The van der Waals surface area contributed by atoms with Crippen LogP contribution < -0.4 is 5.73 Å². The van der Waals surface area contributed by atoms with Gasteiger partial charge in [-0.1, -0.05) is 33.6 Å². The zero-order valence-electron chi connectivity index (χ0n) is 8.98. The molecule has 1 heteroatoms. The van der Waals surface area contributed by atoms with Gasteiger partial charge < -0.3 is 5.73 Å². The van der Waals surface area contributed by atoms with Gasteiger partial charge in [0.2, 0.25) is 0 Å². The van der Waals surface area contributed by atoms with Crippen LogP contribution in [-0.2, 0) is 0 Å². The molecule has 0 heterocycles. The number of rotatable bonds is 0. The third-order valence-corrected chi connectivity index (χ3v) is 3.30. The zero-order valence-corrected chi connectivity index (χ0v) is 8.98. The van der Waals surface area contributed by atoms with Gasteiger partial charge in [-0.2, -0.15) is 0 Å². The Hall–Kier alpha value is -0.0400. The van der Waals surface area contributed by atoms with Gasteiger partial charge in [-0.15, -0.1) is 0 Å². The van der Waals surface area contributed by atoms with Crippen molar-refractivity contribution in [1.82, 2.24) is 0 Å². The first-order chi connectivity index (χ1) is 5.34. The lowest BCUT2D eigenvalue weighted by molar-refractivity contribution is 0.0919. The molecule has 2 unspecified atom stereocenters. The van der Waals surface area contributed by atoms with Crippen LogP contribution >= 0.6 is 0 Å².